The number of para-hydroxylation sites is 1. The molecule has 0 aliphatic carbocycles. The Balaban J connectivity index is 0.000000314. The zero-order valence-electron chi connectivity index (χ0n) is 20.0. The molecule has 3 heterocycles. The molecule has 2 N–H and O–H groups in total. The minimum absolute atomic E-state index is 0.326. The smallest absolute Gasteiger partial charge is 0.328 e. The number of rotatable bonds is 5. The second kappa shape index (κ2) is 9.27. The Hall–Kier alpha value is -4.11. The molecule has 0 saturated heterocycles. The average molecular weight is 478 g/mol. The topological polar surface area (TPSA) is 119 Å². The summed E-state index contributed by atoms with van der Waals surface area (Å²) in [7, 11) is 4.18. The third kappa shape index (κ3) is 5.04. The van der Waals surface area contributed by atoms with E-state index in [4.69, 9.17) is 14.6 Å². The van der Waals surface area contributed by atoms with Crippen LogP contribution >= 0.6 is 0 Å². The van der Waals surface area contributed by atoms with Gasteiger partial charge in [0.15, 0.2) is 12.3 Å². The van der Waals surface area contributed by atoms with Crippen LogP contribution in [-0.2, 0) is 16.1 Å². The van der Waals surface area contributed by atoms with Crippen LogP contribution in [0.5, 0.6) is 17.2 Å². The summed E-state index contributed by atoms with van der Waals surface area (Å²) in [5.41, 5.74) is 4.01. The lowest BCUT2D eigenvalue weighted by molar-refractivity contribution is -0.725. The number of hydrogen-bond donors (Lipinski definition) is 2. The highest BCUT2D eigenvalue weighted by atomic mass is 16.5. The van der Waals surface area contributed by atoms with Gasteiger partial charge >= 0.3 is 5.97 Å². The number of carboxylic acid groups (broad SMARTS) is 2. The van der Waals surface area contributed by atoms with Crippen molar-refractivity contribution in [2.24, 2.45) is 0 Å². The summed E-state index contributed by atoms with van der Waals surface area (Å²) in [6.07, 6.45) is 5.16. The highest BCUT2D eigenvalue weighted by Gasteiger charge is 2.34. The fourth-order valence-corrected chi connectivity index (χ4v) is 3.97. The lowest BCUT2D eigenvalue weighted by Gasteiger charge is -2.29. The fraction of sp³-hybridized carbons (Fsp3) is 0.269. The van der Waals surface area contributed by atoms with Crippen LogP contribution in [0, 0.1) is 0 Å². The number of nitrogens with one attached hydrogen (secondary N) is 1. The fourth-order valence-electron chi connectivity index (χ4n) is 3.97. The van der Waals surface area contributed by atoms with Gasteiger partial charge in [0.2, 0.25) is 5.52 Å². The summed E-state index contributed by atoms with van der Waals surface area (Å²) in [6, 6.07) is 10.3. The largest absolute Gasteiger partial charge is 0.545 e. The number of aromatic amines is 1. The summed E-state index contributed by atoms with van der Waals surface area (Å²) < 4.78 is 14.9. The Bertz CT molecular complexity index is 1350. The number of carboxylic acids is 2. The first-order valence-corrected chi connectivity index (χ1v) is 11.1. The highest BCUT2D eigenvalue weighted by molar-refractivity contribution is 6.03. The van der Waals surface area contributed by atoms with Gasteiger partial charge in [-0.3, -0.25) is 0 Å². The molecule has 5 rings (SSSR count). The van der Waals surface area contributed by atoms with Crippen molar-refractivity contribution in [3.63, 3.8) is 0 Å². The molecule has 3 aromatic rings. The molecule has 9 nitrogen and oxygen atoms in total. The van der Waals surface area contributed by atoms with E-state index in [1.54, 1.807) is 0 Å². The molecular weight excluding hydrogens is 450 g/mol. The monoisotopic (exact) mass is 477 g/mol. The molecule has 0 atom stereocenters. The maximum absolute atomic E-state index is 9.53. The van der Waals surface area contributed by atoms with Gasteiger partial charge in [0.25, 0.3) is 0 Å². The second-order valence-electron chi connectivity index (χ2n) is 9.08. The zero-order chi connectivity index (χ0) is 25.3. The highest BCUT2D eigenvalue weighted by Crippen LogP contribution is 2.50. The van der Waals surface area contributed by atoms with E-state index >= 15 is 0 Å². The van der Waals surface area contributed by atoms with Crippen molar-refractivity contribution in [1.82, 2.24) is 10.00 Å². The molecule has 2 aliphatic rings. The van der Waals surface area contributed by atoms with Crippen LogP contribution in [0.2, 0.25) is 0 Å². The van der Waals surface area contributed by atoms with E-state index < -0.39 is 11.9 Å². The van der Waals surface area contributed by atoms with Gasteiger partial charge in [0, 0.05) is 11.6 Å². The first-order chi connectivity index (χ1) is 16.6. The zero-order valence-corrected chi connectivity index (χ0v) is 20.0. The van der Waals surface area contributed by atoms with E-state index in [0.29, 0.717) is 12.2 Å². The summed E-state index contributed by atoms with van der Waals surface area (Å²) in [5, 5.41) is 22.0. The second-order valence-corrected chi connectivity index (χ2v) is 9.08. The number of H-pyrrole nitrogens is 1. The molecule has 0 saturated carbocycles. The predicted octanol–water partition coefficient (Wildman–Crippen LogP) is 2.35. The number of ether oxygens (including phenoxy) is 2. The molecule has 2 aromatic carbocycles. The van der Waals surface area contributed by atoms with E-state index in [1.807, 2.05) is 18.2 Å². The minimum atomic E-state index is -1.51. The SMILES string of the molecule is CN(C)CC[n+]1[nH]c2c3c(c4c(cc31)OC(C)(C)C=C4)Oc1ccccc1-2.O=C([O-])/C=C/C(=O)O. The number of nitrogens with zero attached hydrogens (tertiary/aromatic N) is 2. The molecule has 2 aliphatic heterocycles. The summed E-state index contributed by atoms with van der Waals surface area (Å²) in [4.78, 5) is 21.2. The molecule has 35 heavy (non-hydrogen) atoms. The molecular formula is C26H27N3O6. The number of benzene rings is 2. The lowest BCUT2D eigenvalue weighted by Crippen LogP contribution is -2.40. The molecule has 182 valence electrons. The van der Waals surface area contributed by atoms with Gasteiger partial charge in [0.05, 0.1) is 24.1 Å². The van der Waals surface area contributed by atoms with Gasteiger partial charge in [-0.2, -0.15) is 5.10 Å². The molecule has 9 heteroatoms. The van der Waals surface area contributed by atoms with Crippen molar-refractivity contribution < 1.29 is 34.0 Å². The maximum atomic E-state index is 9.53. The number of likely N-dealkylation sites (N-methyl/N-ethyl adjacent to an activating group) is 1. The summed E-state index contributed by atoms with van der Waals surface area (Å²) in [5.74, 6) is -0.183. The molecule has 1 aromatic heterocycles. The Morgan fingerprint density at radius 2 is 1.94 bits per heavy atom. The van der Waals surface area contributed by atoms with E-state index in [9.17, 15) is 14.7 Å². The standard InChI is InChI=1S/C22H23N3O2.C4H4O4/c1-22(2)10-9-15-18(27-22)13-16-19-20(23-25(16)12-11-24(3)4)14-7-5-6-8-17(14)26-21(15)19;5-3(6)1-2-4(7)8/h5-10,13H,11-12H2,1-4H3;1-2H,(H,5,6)(H,7,8)/b;2-1+. The van der Waals surface area contributed by atoms with E-state index in [0.717, 1.165) is 58.1 Å². The van der Waals surface area contributed by atoms with Crippen LogP contribution in [-0.4, -0.2) is 53.3 Å². The third-order valence-corrected chi connectivity index (χ3v) is 5.57. The van der Waals surface area contributed by atoms with Gasteiger partial charge < -0.3 is 29.4 Å². The number of carbonyl (C=O) groups is 2. The number of hydrogen-bond acceptors (Lipinski definition) is 6. The average Bonchev–Trinajstić information content (AvgIpc) is 3.15. The molecule has 0 fully saturated rings. The lowest BCUT2D eigenvalue weighted by atomic mass is 9.96. The van der Waals surface area contributed by atoms with Gasteiger partial charge in [-0.1, -0.05) is 12.1 Å². The summed E-state index contributed by atoms with van der Waals surface area (Å²) in [6.45, 7) is 5.95. The van der Waals surface area contributed by atoms with Gasteiger partial charge in [0.1, 0.15) is 28.2 Å². The first-order valence-electron chi connectivity index (χ1n) is 11.1. The van der Waals surface area contributed by atoms with Crippen LogP contribution < -0.4 is 19.3 Å². The number of fused-ring (bicyclic) bond motifs is 4. The van der Waals surface area contributed by atoms with Gasteiger partial charge in [-0.05, 0) is 58.3 Å². The van der Waals surface area contributed by atoms with E-state index in [1.165, 1.54) is 0 Å². The van der Waals surface area contributed by atoms with Crippen molar-refractivity contribution >= 4 is 28.9 Å². The van der Waals surface area contributed by atoms with Crippen LogP contribution in [0.15, 0.2) is 48.6 Å². The maximum Gasteiger partial charge on any atom is 0.328 e. The molecule has 0 amide bonds. The molecule has 0 bridgehead atoms. The Morgan fingerprint density at radius 1 is 1.20 bits per heavy atom. The van der Waals surface area contributed by atoms with Crippen molar-refractivity contribution in [2.75, 3.05) is 20.6 Å². The van der Waals surface area contributed by atoms with Crippen molar-refractivity contribution in [3.05, 3.63) is 54.1 Å². The molecule has 0 radical (unpaired) electrons. The molecule has 0 unspecified atom stereocenters. The van der Waals surface area contributed by atoms with Crippen molar-refractivity contribution in [1.29, 1.82) is 0 Å². The Kier molecular flexibility index (Phi) is 6.36. The van der Waals surface area contributed by atoms with Crippen LogP contribution in [0.3, 0.4) is 0 Å². The first kappa shape index (κ1) is 24.0. The Morgan fingerprint density at radius 3 is 2.60 bits per heavy atom. The summed E-state index contributed by atoms with van der Waals surface area (Å²) >= 11 is 0. The van der Waals surface area contributed by atoms with Crippen LogP contribution in [0.25, 0.3) is 28.2 Å². The van der Waals surface area contributed by atoms with Crippen molar-refractivity contribution in [3.8, 4) is 28.5 Å². The van der Waals surface area contributed by atoms with E-state index in [2.05, 4.69) is 66.9 Å². The number of aromatic nitrogens is 2. The van der Waals surface area contributed by atoms with Gasteiger partial charge in [-0.25, -0.2) is 4.79 Å². The molecule has 0 spiro atoms. The number of aliphatic carboxylic acids is 2. The van der Waals surface area contributed by atoms with Crippen LogP contribution in [0.4, 0.5) is 0 Å². The van der Waals surface area contributed by atoms with Crippen molar-refractivity contribution in [2.45, 2.75) is 26.0 Å². The third-order valence-electron chi connectivity index (χ3n) is 5.57. The minimum Gasteiger partial charge on any atom is -0.545 e. The quantitative estimate of drug-likeness (QED) is 0.335. The van der Waals surface area contributed by atoms with Gasteiger partial charge in [-0.15, -0.1) is 4.68 Å². The predicted molar refractivity (Wildman–Crippen MR) is 128 cm³/mol. The normalized spacial score (nSPS) is 14.5. The van der Waals surface area contributed by atoms with Crippen LogP contribution in [0.1, 0.15) is 19.4 Å². The van der Waals surface area contributed by atoms with E-state index in [-0.39, 0.29) is 5.60 Å². The number of carbonyl (C=O) groups excluding carboxylic acids is 1. The Labute approximate surface area is 202 Å².